The predicted molar refractivity (Wildman–Crippen MR) is 79.7 cm³/mol. The van der Waals surface area contributed by atoms with E-state index in [4.69, 9.17) is 5.84 Å². The van der Waals surface area contributed by atoms with Gasteiger partial charge in [0.2, 0.25) is 0 Å². The largest absolute Gasteiger partial charge is 0.339 e. The highest BCUT2D eigenvalue weighted by Crippen LogP contribution is 2.30. The van der Waals surface area contributed by atoms with E-state index in [-0.39, 0.29) is 0 Å². The summed E-state index contributed by atoms with van der Waals surface area (Å²) < 4.78 is 1.69. The molecule has 0 bridgehead atoms. The summed E-state index contributed by atoms with van der Waals surface area (Å²) in [6.07, 6.45) is 1.44. The van der Waals surface area contributed by atoms with Gasteiger partial charge in [0.1, 0.15) is 16.6 Å². The van der Waals surface area contributed by atoms with Crippen LogP contribution in [0.5, 0.6) is 0 Å². The number of nitrogens with two attached hydrogens (primary N) is 1. The van der Waals surface area contributed by atoms with Crippen LogP contribution in [0, 0.1) is 6.92 Å². The quantitative estimate of drug-likeness (QED) is 0.569. The smallest absolute Gasteiger partial charge is 0.159 e. The molecule has 0 radical (unpaired) electrons. The summed E-state index contributed by atoms with van der Waals surface area (Å²) in [5, 5.41) is 3.23. The molecule has 7 heteroatoms. The number of aryl methyl sites for hydroxylation is 1. The Morgan fingerprint density at radius 1 is 1.17 bits per heavy atom. The minimum absolute atomic E-state index is 0.528. The zero-order valence-electron chi connectivity index (χ0n) is 9.54. The number of benzene rings is 1. The lowest BCUT2D eigenvalue weighted by atomic mass is 10.2. The summed E-state index contributed by atoms with van der Waals surface area (Å²) in [6.45, 7) is 2.02. The number of nitrogens with one attached hydrogen (secondary N) is 2. The standard InChI is InChI=1S/C11H11Br2N5/c1-6-2-3-7(12)4-8(6)17-10-9(13)11(18-14)16-5-15-10/h2-5H,14H2,1H3,(H2,15,16,17,18). The lowest BCUT2D eigenvalue weighted by Gasteiger charge is -2.12. The van der Waals surface area contributed by atoms with Crippen LogP contribution >= 0.6 is 31.9 Å². The van der Waals surface area contributed by atoms with E-state index in [0.29, 0.717) is 16.1 Å². The number of hydrogen-bond acceptors (Lipinski definition) is 5. The topological polar surface area (TPSA) is 75.9 Å². The first-order valence-corrected chi connectivity index (χ1v) is 6.70. The third kappa shape index (κ3) is 2.80. The van der Waals surface area contributed by atoms with E-state index in [1.165, 1.54) is 6.33 Å². The van der Waals surface area contributed by atoms with Crippen LogP contribution in [0.3, 0.4) is 0 Å². The van der Waals surface area contributed by atoms with Crippen molar-refractivity contribution in [1.29, 1.82) is 0 Å². The van der Waals surface area contributed by atoms with Gasteiger partial charge in [-0.25, -0.2) is 15.8 Å². The maximum Gasteiger partial charge on any atom is 0.159 e. The molecule has 0 spiro atoms. The first kappa shape index (κ1) is 13.3. The van der Waals surface area contributed by atoms with Crippen LogP contribution in [0.2, 0.25) is 0 Å². The van der Waals surface area contributed by atoms with Gasteiger partial charge in [0.15, 0.2) is 5.82 Å². The molecule has 0 unspecified atom stereocenters. The van der Waals surface area contributed by atoms with E-state index in [1.807, 2.05) is 25.1 Å². The molecule has 0 aliphatic heterocycles. The van der Waals surface area contributed by atoms with Crippen LogP contribution in [0.15, 0.2) is 33.5 Å². The number of hydrogen-bond donors (Lipinski definition) is 3. The Balaban J connectivity index is 2.37. The number of nitrogens with zero attached hydrogens (tertiary/aromatic N) is 2. The summed E-state index contributed by atoms with van der Waals surface area (Å²) in [5.41, 5.74) is 4.58. The number of rotatable bonds is 3. The molecule has 0 atom stereocenters. The summed E-state index contributed by atoms with van der Waals surface area (Å²) >= 11 is 6.84. The van der Waals surface area contributed by atoms with Crippen molar-refractivity contribution >= 4 is 49.2 Å². The van der Waals surface area contributed by atoms with Gasteiger partial charge in [-0.05, 0) is 40.5 Å². The minimum Gasteiger partial charge on any atom is -0.339 e. The van der Waals surface area contributed by atoms with Crippen molar-refractivity contribution in [3.8, 4) is 0 Å². The first-order valence-electron chi connectivity index (χ1n) is 5.12. The highest BCUT2D eigenvalue weighted by molar-refractivity contribution is 9.11. The highest BCUT2D eigenvalue weighted by Gasteiger charge is 2.09. The molecule has 5 nitrogen and oxygen atoms in total. The molecule has 0 aliphatic carbocycles. The molecule has 2 aromatic rings. The Morgan fingerprint density at radius 3 is 2.61 bits per heavy atom. The van der Waals surface area contributed by atoms with Crippen LogP contribution in [0.25, 0.3) is 0 Å². The monoisotopic (exact) mass is 371 g/mol. The Bertz CT molecular complexity index is 573. The number of nitrogen functional groups attached to an aromatic ring is 1. The molecular weight excluding hydrogens is 362 g/mol. The zero-order chi connectivity index (χ0) is 13.1. The van der Waals surface area contributed by atoms with Gasteiger partial charge in [0.05, 0.1) is 0 Å². The Kier molecular flexibility index (Phi) is 4.15. The summed E-state index contributed by atoms with van der Waals surface area (Å²) in [5.74, 6) is 6.54. The average Bonchev–Trinajstić information content (AvgIpc) is 2.36. The van der Waals surface area contributed by atoms with Crippen molar-refractivity contribution < 1.29 is 0 Å². The van der Waals surface area contributed by atoms with Crippen molar-refractivity contribution in [2.24, 2.45) is 5.84 Å². The molecule has 1 heterocycles. The number of anilines is 3. The lowest BCUT2D eigenvalue weighted by molar-refractivity contribution is 1.12. The van der Waals surface area contributed by atoms with Gasteiger partial charge in [-0.2, -0.15) is 0 Å². The van der Waals surface area contributed by atoms with Gasteiger partial charge in [-0.15, -0.1) is 0 Å². The molecule has 0 fully saturated rings. The molecule has 1 aromatic heterocycles. The van der Waals surface area contributed by atoms with Crippen LogP contribution in [-0.2, 0) is 0 Å². The SMILES string of the molecule is Cc1ccc(Br)cc1Nc1ncnc(NN)c1Br. The molecule has 4 N–H and O–H groups in total. The number of halogens is 2. The molecule has 0 saturated carbocycles. The van der Waals surface area contributed by atoms with Crippen molar-refractivity contribution in [3.63, 3.8) is 0 Å². The average molecular weight is 373 g/mol. The van der Waals surface area contributed by atoms with Crippen LogP contribution in [-0.4, -0.2) is 9.97 Å². The van der Waals surface area contributed by atoms with Crippen molar-refractivity contribution in [3.05, 3.63) is 39.0 Å². The molecule has 1 aromatic carbocycles. The van der Waals surface area contributed by atoms with Gasteiger partial charge in [0.25, 0.3) is 0 Å². The summed E-state index contributed by atoms with van der Waals surface area (Å²) in [4.78, 5) is 8.17. The minimum atomic E-state index is 0.528. The summed E-state index contributed by atoms with van der Waals surface area (Å²) in [6, 6.07) is 5.99. The van der Waals surface area contributed by atoms with Crippen molar-refractivity contribution in [1.82, 2.24) is 9.97 Å². The van der Waals surface area contributed by atoms with Crippen LogP contribution < -0.4 is 16.6 Å². The predicted octanol–water partition coefficient (Wildman–Crippen LogP) is 3.34. The van der Waals surface area contributed by atoms with E-state index in [2.05, 4.69) is 52.6 Å². The fourth-order valence-electron chi connectivity index (χ4n) is 1.41. The second kappa shape index (κ2) is 5.64. The van der Waals surface area contributed by atoms with Crippen LogP contribution in [0.1, 0.15) is 5.56 Å². The van der Waals surface area contributed by atoms with Gasteiger partial charge in [0, 0.05) is 10.2 Å². The fourth-order valence-corrected chi connectivity index (χ4v) is 2.19. The van der Waals surface area contributed by atoms with E-state index in [0.717, 1.165) is 15.7 Å². The van der Waals surface area contributed by atoms with Gasteiger partial charge in [-0.3, -0.25) is 0 Å². The fraction of sp³-hybridized carbons (Fsp3) is 0.0909. The number of hydrazine groups is 1. The number of aromatic nitrogens is 2. The molecule has 0 amide bonds. The Hall–Kier alpha value is -1.18. The third-order valence-electron chi connectivity index (χ3n) is 2.38. The van der Waals surface area contributed by atoms with E-state index < -0.39 is 0 Å². The molecule has 94 valence electrons. The Morgan fingerprint density at radius 2 is 1.89 bits per heavy atom. The maximum atomic E-state index is 5.36. The summed E-state index contributed by atoms with van der Waals surface area (Å²) in [7, 11) is 0. The van der Waals surface area contributed by atoms with Gasteiger partial charge in [-0.1, -0.05) is 22.0 Å². The van der Waals surface area contributed by atoms with Gasteiger partial charge >= 0.3 is 0 Å². The van der Waals surface area contributed by atoms with Gasteiger partial charge < -0.3 is 10.7 Å². The van der Waals surface area contributed by atoms with E-state index >= 15 is 0 Å². The molecular formula is C11H11Br2N5. The second-order valence-electron chi connectivity index (χ2n) is 3.61. The first-order chi connectivity index (χ1) is 8.61. The molecule has 0 saturated heterocycles. The lowest BCUT2D eigenvalue weighted by Crippen LogP contribution is -2.10. The third-order valence-corrected chi connectivity index (χ3v) is 3.62. The highest BCUT2D eigenvalue weighted by atomic mass is 79.9. The zero-order valence-corrected chi connectivity index (χ0v) is 12.7. The van der Waals surface area contributed by atoms with Crippen molar-refractivity contribution in [2.45, 2.75) is 6.92 Å². The van der Waals surface area contributed by atoms with Crippen LogP contribution in [0.4, 0.5) is 17.3 Å². The molecule has 0 aliphatic rings. The maximum absolute atomic E-state index is 5.36. The van der Waals surface area contributed by atoms with Crippen molar-refractivity contribution in [2.75, 3.05) is 10.7 Å². The van der Waals surface area contributed by atoms with E-state index in [9.17, 15) is 0 Å². The molecule has 18 heavy (non-hydrogen) atoms. The molecule has 2 rings (SSSR count). The van der Waals surface area contributed by atoms with E-state index in [1.54, 1.807) is 0 Å². The second-order valence-corrected chi connectivity index (χ2v) is 5.32. The Labute approximate surface area is 121 Å². The normalized spacial score (nSPS) is 10.2.